The van der Waals surface area contributed by atoms with Crippen LogP contribution in [0.2, 0.25) is 0 Å². The smallest absolute Gasteiger partial charge is 0.308 e. The number of para-hydroxylation sites is 1. The van der Waals surface area contributed by atoms with Gasteiger partial charge in [-0.05, 0) is 41.7 Å². The van der Waals surface area contributed by atoms with Crippen LogP contribution in [0.15, 0.2) is 48.5 Å². The summed E-state index contributed by atoms with van der Waals surface area (Å²) in [6.45, 7) is 8.47. The van der Waals surface area contributed by atoms with Gasteiger partial charge >= 0.3 is 6.03 Å². The van der Waals surface area contributed by atoms with Crippen molar-refractivity contribution in [1.82, 2.24) is 0 Å². The molecule has 0 saturated heterocycles. The number of amides is 2. The van der Waals surface area contributed by atoms with E-state index < -0.39 is 0 Å². The lowest BCUT2D eigenvalue weighted by Gasteiger charge is -2.19. The highest BCUT2D eigenvalue weighted by molar-refractivity contribution is 6.00. The van der Waals surface area contributed by atoms with Crippen molar-refractivity contribution in [2.24, 2.45) is 0 Å². The van der Waals surface area contributed by atoms with Crippen LogP contribution in [0, 0.1) is 6.92 Å². The maximum Gasteiger partial charge on any atom is 0.323 e. The van der Waals surface area contributed by atoms with Crippen molar-refractivity contribution in [3.8, 4) is 0 Å². The lowest BCUT2D eigenvalue weighted by atomic mass is 9.87. The van der Waals surface area contributed by atoms with Gasteiger partial charge in [-0.1, -0.05) is 51.1 Å². The first-order valence-electron chi connectivity index (χ1n) is 7.10. The van der Waals surface area contributed by atoms with E-state index in [1.165, 1.54) is 5.56 Å². The fraction of sp³-hybridized carbons (Fsp3) is 0.278. The van der Waals surface area contributed by atoms with Gasteiger partial charge in [0.25, 0.3) is 0 Å². The van der Waals surface area contributed by atoms with Gasteiger partial charge in [-0.25, -0.2) is 4.79 Å². The summed E-state index contributed by atoms with van der Waals surface area (Å²) < 4.78 is 0. The Kier molecular flexibility index (Phi) is 4.32. The summed E-state index contributed by atoms with van der Waals surface area (Å²) in [6, 6.07) is 15.4. The molecule has 0 fully saturated rings. The summed E-state index contributed by atoms with van der Waals surface area (Å²) in [5.41, 5.74) is 4.00. The van der Waals surface area contributed by atoms with Gasteiger partial charge < -0.3 is 10.6 Å². The monoisotopic (exact) mass is 282 g/mol. The largest absolute Gasteiger partial charge is 0.323 e. The summed E-state index contributed by atoms with van der Waals surface area (Å²) in [5, 5.41) is 5.70. The molecule has 0 bridgehead atoms. The number of nitrogens with one attached hydrogen (secondary N) is 2. The highest BCUT2D eigenvalue weighted by Gasteiger charge is 2.13. The molecule has 2 rings (SSSR count). The van der Waals surface area contributed by atoms with Crippen LogP contribution in [0.25, 0.3) is 0 Å². The van der Waals surface area contributed by atoms with E-state index in [2.05, 4.69) is 31.4 Å². The number of benzene rings is 2. The van der Waals surface area contributed by atoms with Gasteiger partial charge in [0.2, 0.25) is 0 Å². The molecule has 0 heterocycles. The van der Waals surface area contributed by atoms with E-state index in [1.54, 1.807) is 0 Å². The standard InChI is InChI=1S/C18H22N2O/c1-13-7-5-6-8-16(13)20-17(21)19-15-11-9-14(10-12-15)18(2,3)4/h5-12H,1-4H3,(H2,19,20,21). The molecule has 110 valence electrons. The summed E-state index contributed by atoms with van der Waals surface area (Å²) in [5.74, 6) is 0. The molecule has 0 unspecified atom stereocenters. The summed E-state index contributed by atoms with van der Waals surface area (Å²) in [6.07, 6.45) is 0. The molecule has 0 saturated carbocycles. The van der Waals surface area contributed by atoms with Crippen molar-refractivity contribution < 1.29 is 4.79 Å². The van der Waals surface area contributed by atoms with Gasteiger partial charge in [0.15, 0.2) is 0 Å². The first-order chi connectivity index (χ1) is 9.86. The second-order valence-electron chi connectivity index (χ2n) is 6.22. The second kappa shape index (κ2) is 6.00. The van der Waals surface area contributed by atoms with E-state index in [4.69, 9.17) is 0 Å². The normalized spacial score (nSPS) is 11.0. The van der Waals surface area contributed by atoms with E-state index in [1.807, 2.05) is 55.5 Å². The number of hydrogen-bond donors (Lipinski definition) is 2. The van der Waals surface area contributed by atoms with Crippen LogP contribution in [0.1, 0.15) is 31.9 Å². The summed E-state index contributed by atoms with van der Waals surface area (Å²) in [4.78, 5) is 12.0. The Morgan fingerprint density at radius 1 is 0.905 bits per heavy atom. The number of aryl methyl sites for hydroxylation is 1. The topological polar surface area (TPSA) is 41.1 Å². The highest BCUT2D eigenvalue weighted by atomic mass is 16.2. The number of hydrogen-bond acceptors (Lipinski definition) is 1. The van der Waals surface area contributed by atoms with Crippen LogP contribution < -0.4 is 10.6 Å². The maximum absolute atomic E-state index is 12.0. The summed E-state index contributed by atoms with van der Waals surface area (Å²) >= 11 is 0. The maximum atomic E-state index is 12.0. The number of anilines is 2. The third-order valence-corrected chi connectivity index (χ3v) is 3.40. The third kappa shape index (κ3) is 4.09. The van der Waals surface area contributed by atoms with Crippen LogP contribution in [-0.2, 0) is 5.41 Å². The Labute approximate surface area is 126 Å². The van der Waals surface area contributed by atoms with Crippen molar-refractivity contribution in [2.45, 2.75) is 33.1 Å². The number of urea groups is 1. The molecule has 0 aliphatic carbocycles. The third-order valence-electron chi connectivity index (χ3n) is 3.40. The SMILES string of the molecule is Cc1ccccc1NC(=O)Nc1ccc(C(C)(C)C)cc1. The Morgan fingerprint density at radius 3 is 2.10 bits per heavy atom. The Balaban J connectivity index is 2.02. The molecule has 0 radical (unpaired) electrons. The van der Waals surface area contributed by atoms with E-state index in [0.717, 1.165) is 16.9 Å². The molecular weight excluding hydrogens is 260 g/mol. The summed E-state index contributed by atoms with van der Waals surface area (Å²) in [7, 11) is 0. The van der Waals surface area contributed by atoms with E-state index in [-0.39, 0.29) is 11.4 Å². The van der Waals surface area contributed by atoms with E-state index >= 15 is 0 Å². The van der Waals surface area contributed by atoms with Gasteiger partial charge in [-0.2, -0.15) is 0 Å². The second-order valence-corrected chi connectivity index (χ2v) is 6.22. The van der Waals surface area contributed by atoms with Crippen LogP contribution in [-0.4, -0.2) is 6.03 Å². The molecule has 3 heteroatoms. The van der Waals surface area contributed by atoms with Gasteiger partial charge in [0, 0.05) is 11.4 Å². The minimum Gasteiger partial charge on any atom is -0.308 e. The molecule has 0 atom stereocenters. The van der Waals surface area contributed by atoms with Gasteiger partial charge in [0.05, 0.1) is 0 Å². The Bertz CT molecular complexity index is 624. The lowest BCUT2D eigenvalue weighted by molar-refractivity contribution is 0.262. The zero-order valence-corrected chi connectivity index (χ0v) is 13.0. The van der Waals surface area contributed by atoms with Crippen LogP contribution >= 0.6 is 0 Å². The van der Waals surface area contributed by atoms with Crippen LogP contribution in [0.3, 0.4) is 0 Å². The van der Waals surface area contributed by atoms with Crippen molar-refractivity contribution in [3.63, 3.8) is 0 Å². The minimum atomic E-state index is -0.229. The van der Waals surface area contributed by atoms with Gasteiger partial charge in [-0.3, -0.25) is 0 Å². The van der Waals surface area contributed by atoms with Crippen molar-refractivity contribution in [1.29, 1.82) is 0 Å². The molecule has 3 nitrogen and oxygen atoms in total. The highest BCUT2D eigenvalue weighted by Crippen LogP contribution is 2.23. The Morgan fingerprint density at radius 2 is 1.52 bits per heavy atom. The Hall–Kier alpha value is -2.29. The van der Waals surface area contributed by atoms with Crippen LogP contribution in [0.4, 0.5) is 16.2 Å². The van der Waals surface area contributed by atoms with Crippen LogP contribution in [0.5, 0.6) is 0 Å². The zero-order valence-electron chi connectivity index (χ0n) is 13.0. The molecule has 0 spiro atoms. The molecular formula is C18H22N2O. The minimum absolute atomic E-state index is 0.113. The lowest BCUT2D eigenvalue weighted by Crippen LogP contribution is -2.20. The van der Waals surface area contributed by atoms with Crippen molar-refractivity contribution in [3.05, 3.63) is 59.7 Å². The van der Waals surface area contributed by atoms with Gasteiger partial charge in [0.1, 0.15) is 0 Å². The fourth-order valence-electron chi connectivity index (χ4n) is 2.05. The average Bonchev–Trinajstić information content (AvgIpc) is 2.41. The van der Waals surface area contributed by atoms with Crippen molar-refractivity contribution >= 4 is 17.4 Å². The predicted molar refractivity (Wildman–Crippen MR) is 89.0 cm³/mol. The molecule has 2 aromatic carbocycles. The number of carbonyl (C=O) groups is 1. The first kappa shape index (κ1) is 15.1. The molecule has 21 heavy (non-hydrogen) atoms. The zero-order chi connectivity index (χ0) is 15.5. The molecule has 0 aromatic heterocycles. The predicted octanol–water partition coefficient (Wildman–Crippen LogP) is 4.94. The fourth-order valence-corrected chi connectivity index (χ4v) is 2.05. The quantitative estimate of drug-likeness (QED) is 0.805. The van der Waals surface area contributed by atoms with E-state index in [9.17, 15) is 4.79 Å². The van der Waals surface area contributed by atoms with E-state index in [0.29, 0.717) is 0 Å². The van der Waals surface area contributed by atoms with Gasteiger partial charge in [-0.15, -0.1) is 0 Å². The average molecular weight is 282 g/mol. The molecule has 2 N–H and O–H groups in total. The first-order valence-corrected chi connectivity index (χ1v) is 7.10. The molecule has 0 aliphatic rings. The molecule has 0 aliphatic heterocycles. The number of carbonyl (C=O) groups excluding carboxylic acids is 1. The molecule has 2 amide bonds. The number of rotatable bonds is 2. The van der Waals surface area contributed by atoms with Crippen molar-refractivity contribution in [2.75, 3.05) is 10.6 Å². The molecule has 2 aromatic rings.